The molecule has 0 N–H and O–H groups in total. The summed E-state index contributed by atoms with van der Waals surface area (Å²) in [6, 6.07) is 0. The van der Waals surface area contributed by atoms with Crippen molar-refractivity contribution in [2.24, 2.45) is 0 Å². The zero-order valence-corrected chi connectivity index (χ0v) is 9.97. The van der Waals surface area contributed by atoms with Crippen LogP contribution in [0.4, 0.5) is 0 Å². The van der Waals surface area contributed by atoms with Gasteiger partial charge in [0.05, 0.1) is 6.61 Å². The molecule has 0 rings (SSSR count). The summed E-state index contributed by atoms with van der Waals surface area (Å²) in [4.78, 5) is 11.0. The highest BCUT2D eigenvalue weighted by molar-refractivity contribution is 5.88. The van der Waals surface area contributed by atoms with Crippen molar-refractivity contribution in [3.63, 3.8) is 0 Å². The van der Waals surface area contributed by atoms with Crippen LogP contribution in [0.5, 0.6) is 0 Å². The first-order valence-corrected chi connectivity index (χ1v) is 5.96. The maximum absolute atomic E-state index is 11.0. The van der Waals surface area contributed by atoms with Crippen molar-refractivity contribution in [3.05, 3.63) is 0 Å². The fraction of sp³-hybridized carbons (Fsp3) is 0.769. The quantitative estimate of drug-likeness (QED) is 0.279. The number of hydrogen-bond acceptors (Lipinski definition) is 2. The lowest BCUT2D eigenvalue weighted by Gasteiger charge is -1.96. The molecular formula is C13H22O2. The third-order valence-electron chi connectivity index (χ3n) is 2.08. The minimum absolute atomic E-state index is 0.376. The number of hydrogen-bond donors (Lipinski definition) is 0. The van der Waals surface area contributed by atoms with E-state index in [0.29, 0.717) is 6.61 Å². The molecule has 0 fully saturated rings. The first-order chi connectivity index (χ1) is 7.31. The van der Waals surface area contributed by atoms with E-state index in [1.54, 1.807) is 0 Å². The van der Waals surface area contributed by atoms with Crippen LogP contribution in [0.2, 0.25) is 0 Å². The SMILES string of the molecule is CCCCCCC#CC(=O)OCCCC. The highest BCUT2D eigenvalue weighted by Crippen LogP contribution is 2.00. The predicted molar refractivity (Wildman–Crippen MR) is 62.4 cm³/mol. The average Bonchev–Trinajstić information content (AvgIpc) is 2.23. The molecule has 0 unspecified atom stereocenters. The summed E-state index contributed by atoms with van der Waals surface area (Å²) >= 11 is 0. The average molecular weight is 210 g/mol. The van der Waals surface area contributed by atoms with Gasteiger partial charge in [-0.25, -0.2) is 4.79 Å². The van der Waals surface area contributed by atoms with Gasteiger partial charge in [0.25, 0.3) is 0 Å². The first kappa shape index (κ1) is 14.0. The lowest BCUT2D eigenvalue weighted by molar-refractivity contribution is -0.136. The molecule has 0 aromatic carbocycles. The van der Waals surface area contributed by atoms with Gasteiger partial charge >= 0.3 is 5.97 Å². The van der Waals surface area contributed by atoms with E-state index in [-0.39, 0.29) is 5.97 Å². The third kappa shape index (κ3) is 11.0. The van der Waals surface area contributed by atoms with Crippen molar-refractivity contribution < 1.29 is 9.53 Å². The summed E-state index contributed by atoms with van der Waals surface area (Å²) < 4.78 is 4.90. The minimum Gasteiger partial charge on any atom is -0.456 e. The van der Waals surface area contributed by atoms with Crippen molar-refractivity contribution in [2.45, 2.75) is 58.8 Å². The molecule has 0 atom stereocenters. The maximum Gasteiger partial charge on any atom is 0.384 e. The molecule has 0 aliphatic heterocycles. The number of carbonyl (C=O) groups is 1. The summed E-state index contributed by atoms with van der Waals surface area (Å²) in [6.07, 6.45) is 7.54. The van der Waals surface area contributed by atoms with Crippen LogP contribution in [-0.2, 0) is 9.53 Å². The van der Waals surface area contributed by atoms with Crippen LogP contribution in [0.3, 0.4) is 0 Å². The lowest BCUT2D eigenvalue weighted by Crippen LogP contribution is -2.02. The van der Waals surface area contributed by atoms with Crippen LogP contribution in [0, 0.1) is 11.8 Å². The Morgan fingerprint density at radius 1 is 1.07 bits per heavy atom. The van der Waals surface area contributed by atoms with E-state index >= 15 is 0 Å². The first-order valence-electron chi connectivity index (χ1n) is 5.96. The molecule has 0 spiro atoms. The summed E-state index contributed by atoms with van der Waals surface area (Å²) in [5, 5.41) is 0. The summed E-state index contributed by atoms with van der Waals surface area (Å²) in [5.41, 5.74) is 0. The van der Waals surface area contributed by atoms with Crippen LogP contribution in [0.15, 0.2) is 0 Å². The molecule has 0 aliphatic rings. The van der Waals surface area contributed by atoms with Gasteiger partial charge in [0.1, 0.15) is 0 Å². The number of unbranched alkanes of at least 4 members (excludes halogenated alkanes) is 5. The van der Waals surface area contributed by atoms with Gasteiger partial charge in [0.2, 0.25) is 0 Å². The fourth-order valence-corrected chi connectivity index (χ4v) is 1.12. The largest absolute Gasteiger partial charge is 0.456 e. The molecule has 0 aliphatic carbocycles. The number of ether oxygens (including phenoxy) is 1. The van der Waals surface area contributed by atoms with Crippen LogP contribution in [0.25, 0.3) is 0 Å². The predicted octanol–water partition coefficient (Wildman–Crippen LogP) is 3.30. The topological polar surface area (TPSA) is 26.3 Å². The Kier molecular flexibility index (Phi) is 10.4. The molecule has 0 saturated heterocycles. The molecule has 0 bridgehead atoms. The Balaban J connectivity index is 3.37. The highest BCUT2D eigenvalue weighted by Gasteiger charge is 1.94. The van der Waals surface area contributed by atoms with Gasteiger partial charge in [-0.2, -0.15) is 0 Å². The van der Waals surface area contributed by atoms with Crippen LogP contribution >= 0.6 is 0 Å². The van der Waals surface area contributed by atoms with E-state index in [2.05, 4.69) is 25.7 Å². The van der Waals surface area contributed by atoms with Gasteiger partial charge in [-0.15, -0.1) is 0 Å². The maximum atomic E-state index is 11.0. The summed E-state index contributed by atoms with van der Waals surface area (Å²) in [7, 11) is 0. The number of esters is 1. The Morgan fingerprint density at radius 3 is 2.47 bits per heavy atom. The molecule has 0 saturated carbocycles. The second-order valence-electron chi connectivity index (χ2n) is 3.60. The zero-order valence-electron chi connectivity index (χ0n) is 9.97. The Morgan fingerprint density at radius 2 is 1.80 bits per heavy atom. The summed E-state index contributed by atoms with van der Waals surface area (Å²) in [5.74, 6) is 4.98. The number of carbonyl (C=O) groups excluding carboxylic acids is 1. The second kappa shape index (κ2) is 11.1. The van der Waals surface area contributed by atoms with E-state index in [1.807, 2.05) is 0 Å². The van der Waals surface area contributed by atoms with E-state index in [1.165, 1.54) is 19.3 Å². The van der Waals surface area contributed by atoms with Crippen LogP contribution < -0.4 is 0 Å². The van der Waals surface area contributed by atoms with E-state index < -0.39 is 0 Å². The van der Waals surface area contributed by atoms with Crippen molar-refractivity contribution in [2.75, 3.05) is 6.61 Å². The highest BCUT2D eigenvalue weighted by atomic mass is 16.5. The molecule has 0 radical (unpaired) electrons. The smallest absolute Gasteiger partial charge is 0.384 e. The van der Waals surface area contributed by atoms with Gasteiger partial charge in [-0.05, 0) is 12.8 Å². The molecule has 0 aromatic heterocycles. The van der Waals surface area contributed by atoms with Gasteiger partial charge in [0.15, 0.2) is 0 Å². The van der Waals surface area contributed by atoms with Gasteiger partial charge in [-0.1, -0.05) is 45.5 Å². The van der Waals surface area contributed by atoms with E-state index in [0.717, 1.165) is 25.7 Å². The van der Waals surface area contributed by atoms with Crippen molar-refractivity contribution in [1.82, 2.24) is 0 Å². The normalized spacial score (nSPS) is 9.20. The molecule has 86 valence electrons. The Hall–Kier alpha value is -0.970. The Labute approximate surface area is 93.4 Å². The van der Waals surface area contributed by atoms with Crippen molar-refractivity contribution in [3.8, 4) is 11.8 Å². The lowest BCUT2D eigenvalue weighted by atomic mass is 10.2. The van der Waals surface area contributed by atoms with Gasteiger partial charge in [-0.3, -0.25) is 0 Å². The molecule has 15 heavy (non-hydrogen) atoms. The summed E-state index contributed by atoms with van der Waals surface area (Å²) in [6.45, 7) is 4.74. The standard InChI is InChI=1S/C13H22O2/c1-3-5-7-8-9-10-11-13(14)15-12-6-4-2/h3-9,12H2,1-2H3. The second-order valence-corrected chi connectivity index (χ2v) is 3.60. The Bertz CT molecular complexity index is 210. The van der Waals surface area contributed by atoms with Crippen molar-refractivity contribution >= 4 is 5.97 Å². The van der Waals surface area contributed by atoms with E-state index in [4.69, 9.17) is 4.74 Å². The molecular weight excluding hydrogens is 188 g/mol. The number of rotatable bonds is 7. The monoisotopic (exact) mass is 210 g/mol. The van der Waals surface area contributed by atoms with Gasteiger partial charge < -0.3 is 4.74 Å². The zero-order chi connectivity index (χ0) is 11.4. The molecule has 0 heterocycles. The molecule has 2 nitrogen and oxygen atoms in total. The molecule has 0 amide bonds. The van der Waals surface area contributed by atoms with Crippen LogP contribution in [0.1, 0.15) is 58.8 Å². The third-order valence-corrected chi connectivity index (χ3v) is 2.08. The minimum atomic E-state index is -0.376. The molecule has 2 heteroatoms. The molecule has 0 aromatic rings. The van der Waals surface area contributed by atoms with Gasteiger partial charge in [0, 0.05) is 12.3 Å². The van der Waals surface area contributed by atoms with Crippen LogP contribution in [-0.4, -0.2) is 12.6 Å². The fourth-order valence-electron chi connectivity index (χ4n) is 1.12. The van der Waals surface area contributed by atoms with E-state index in [9.17, 15) is 4.79 Å². The van der Waals surface area contributed by atoms with Crippen molar-refractivity contribution in [1.29, 1.82) is 0 Å².